The van der Waals surface area contributed by atoms with Crippen LogP contribution in [0.3, 0.4) is 0 Å². The van der Waals surface area contributed by atoms with E-state index in [1.165, 1.54) is 18.3 Å². The van der Waals surface area contributed by atoms with E-state index in [0.29, 0.717) is 21.3 Å². The lowest BCUT2D eigenvalue weighted by molar-refractivity contribution is 0.101. The second-order valence-electron chi connectivity index (χ2n) is 5.16. The maximum absolute atomic E-state index is 12.3. The Hall–Kier alpha value is -2.21. The largest absolute Gasteiger partial charge is 0.372 e. The summed E-state index contributed by atoms with van der Waals surface area (Å²) in [5.41, 5.74) is 2.31. The van der Waals surface area contributed by atoms with Gasteiger partial charge >= 0.3 is 0 Å². The van der Waals surface area contributed by atoms with Gasteiger partial charge in [0.2, 0.25) is 0 Å². The minimum atomic E-state index is -0.222. The third kappa shape index (κ3) is 3.96. The average molecular weight is 331 g/mol. The van der Waals surface area contributed by atoms with Gasteiger partial charge < -0.3 is 4.90 Å². The zero-order valence-electron chi connectivity index (χ0n) is 13.8. The van der Waals surface area contributed by atoms with E-state index in [0.717, 1.165) is 18.8 Å². The van der Waals surface area contributed by atoms with Crippen molar-refractivity contribution in [1.29, 1.82) is 0 Å². The van der Waals surface area contributed by atoms with Crippen molar-refractivity contribution in [2.24, 2.45) is 0 Å². The monoisotopic (exact) mass is 331 g/mol. The number of amides is 1. The highest BCUT2D eigenvalue weighted by Gasteiger charge is 2.14. The van der Waals surface area contributed by atoms with E-state index in [1.807, 2.05) is 12.1 Å². The van der Waals surface area contributed by atoms with Gasteiger partial charge in [-0.3, -0.25) is 14.9 Å². The molecule has 0 saturated carbocycles. The summed E-state index contributed by atoms with van der Waals surface area (Å²) >= 11 is 1.21. The Morgan fingerprint density at radius 1 is 1.17 bits per heavy atom. The minimum Gasteiger partial charge on any atom is -0.372 e. The van der Waals surface area contributed by atoms with Gasteiger partial charge in [-0.05, 0) is 45.0 Å². The fourth-order valence-electron chi connectivity index (χ4n) is 2.36. The summed E-state index contributed by atoms with van der Waals surface area (Å²) in [7, 11) is 0. The van der Waals surface area contributed by atoms with Crippen molar-refractivity contribution in [3.63, 3.8) is 0 Å². The van der Waals surface area contributed by atoms with Crippen LogP contribution in [0.2, 0.25) is 0 Å². The molecule has 0 atom stereocenters. The Kier molecular flexibility index (Phi) is 5.50. The van der Waals surface area contributed by atoms with Crippen molar-refractivity contribution in [2.45, 2.75) is 27.7 Å². The molecule has 1 heterocycles. The van der Waals surface area contributed by atoms with Gasteiger partial charge in [-0.15, -0.1) is 0 Å². The molecule has 1 aromatic heterocycles. The number of carbonyl (C=O) groups is 2. The van der Waals surface area contributed by atoms with Gasteiger partial charge in [0.25, 0.3) is 5.91 Å². The molecular formula is C17H21N3O2S. The number of hydrogen-bond acceptors (Lipinski definition) is 5. The van der Waals surface area contributed by atoms with Gasteiger partial charge in [-0.1, -0.05) is 11.3 Å². The second-order valence-corrected chi connectivity index (χ2v) is 6.16. The first-order valence-electron chi connectivity index (χ1n) is 7.61. The van der Waals surface area contributed by atoms with Gasteiger partial charge in [0.1, 0.15) is 0 Å². The molecule has 2 aromatic rings. The van der Waals surface area contributed by atoms with Crippen LogP contribution in [0.1, 0.15) is 46.5 Å². The Morgan fingerprint density at radius 2 is 1.78 bits per heavy atom. The Bertz CT molecular complexity index is 703. The molecule has 5 nitrogen and oxygen atoms in total. The summed E-state index contributed by atoms with van der Waals surface area (Å²) in [6, 6.07) is 7.48. The molecule has 0 aliphatic heterocycles. The zero-order chi connectivity index (χ0) is 17.0. The van der Waals surface area contributed by atoms with E-state index in [9.17, 15) is 9.59 Å². The molecule has 0 radical (unpaired) electrons. The normalized spacial score (nSPS) is 10.4. The Balaban J connectivity index is 2.12. The molecule has 1 N–H and O–H groups in total. The van der Waals surface area contributed by atoms with Crippen molar-refractivity contribution in [2.75, 3.05) is 23.3 Å². The molecular weight excluding hydrogens is 310 g/mol. The van der Waals surface area contributed by atoms with Crippen molar-refractivity contribution in [3.05, 3.63) is 40.4 Å². The fraction of sp³-hybridized carbons (Fsp3) is 0.353. The average Bonchev–Trinajstić information content (AvgIpc) is 2.90. The highest BCUT2D eigenvalue weighted by molar-refractivity contribution is 7.17. The maximum Gasteiger partial charge on any atom is 0.257 e. The molecule has 0 aliphatic rings. The van der Waals surface area contributed by atoms with E-state index in [2.05, 4.69) is 29.0 Å². The van der Waals surface area contributed by atoms with Gasteiger partial charge in [0, 0.05) is 31.3 Å². The number of thiazole rings is 1. The molecule has 122 valence electrons. The number of anilines is 2. The van der Waals surface area contributed by atoms with E-state index in [1.54, 1.807) is 19.1 Å². The number of rotatable bonds is 6. The lowest BCUT2D eigenvalue weighted by Crippen LogP contribution is -2.21. The van der Waals surface area contributed by atoms with E-state index in [4.69, 9.17) is 0 Å². The lowest BCUT2D eigenvalue weighted by Gasteiger charge is -2.20. The van der Waals surface area contributed by atoms with Gasteiger partial charge in [-0.25, -0.2) is 4.98 Å². The quantitative estimate of drug-likeness (QED) is 0.819. The molecule has 0 bridgehead atoms. The number of aromatic nitrogens is 1. The molecule has 1 aromatic carbocycles. The molecule has 0 fully saturated rings. The molecule has 0 unspecified atom stereocenters. The third-order valence-corrected chi connectivity index (χ3v) is 4.77. The summed E-state index contributed by atoms with van der Waals surface area (Å²) in [5.74, 6) is -0.260. The number of nitrogens with zero attached hydrogens (tertiary/aromatic N) is 2. The van der Waals surface area contributed by atoms with E-state index >= 15 is 0 Å². The molecule has 0 spiro atoms. The number of nitrogens with one attached hydrogen (secondary N) is 1. The number of carbonyl (C=O) groups excluding carboxylic acids is 2. The number of benzene rings is 1. The topological polar surface area (TPSA) is 62.3 Å². The van der Waals surface area contributed by atoms with Crippen molar-refractivity contribution >= 4 is 33.8 Å². The van der Waals surface area contributed by atoms with E-state index in [-0.39, 0.29) is 11.7 Å². The summed E-state index contributed by atoms with van der Waals surface area (Å²) in [6.45, 7) is 9.31. The summed E-state index contributed by atoms with van der Waals surface area (Å²) in [6.07, 6.45) is 0. The molecule has 23 heavy (non-hydrogen) atoms. The number of Topliss-reactive ketones (excluding diaryl/α,β-unsaturated/α-hetero) is 1. The highest BCUT2D eigenvalue weighted by Crippen LogP contribution is 2.23. The Labute approximate surface area is 140 Å². The van der Waals surface area contributed by atoms with Crippen LogP contribution in [0.15, 0.2) is 24.3 Å². The van der Waals surface area contributed by atoms with Crippen molar-refractivity contribution < 1.29 is 9.59 Å². The first kappa shape index (κ1) is 17.1. The van der Waals surface area contributed by atoms with Gasteiger partial charge in [0.05, 0.1) is 10.6 Å². The molecule has 2 rings (SSSR count). The predicted octanol–water partition coefficient (Wildman–Crippen LogP) is 3.75. The van der Waals surface area contributed by atoms with Crippen molar-refractivity contribution in [1.82, 2.24) is 4.98 Å². The molecule has 1 amide bonds. The van der Waals surface area contributed by atoms with Crippen LogP contribution in [0.4, 0.5) is 10.8 Å². The molecule has 6 heteroatoms. The number of aryl methyl sites for hydroxylation is 1. The number of ketones is 1. The van der Waals surface area contributed by atoms with Crippen LogP contribution in [0.5, 0.6) is 0 Å². The summed E-state index contributed by atoms with van der Waals surface area (Å²) < 4.78 is 0. The first-order valence-corrected chi connectivity index (χ1v) is 8.42. The van der Waals surface area contributed by atoms with Crippen LogP contribution >= 0.6 is 11.3 Å². The van der Waals surface area contributed by atoms with Crippen LogP contribution in [-0.4, -0.2) is 29.8 Å². The third-order valence-electron chi connectivity index (χ3n) is 3.59. The maximum atomic E-state index is 12.3. The summed E-state index contributed by atoms with van der Waals surface area (Å²) in [4.78, 5) is 30.7. The zero-order valence-corrected chi connectivity index (χ0v) is 14.7. The highest BCUT2D eigenvalue weighted by atomic mass is 32.1. The second kappa shape index (κ2) is 7.37. The lowest BCUT2D eigenvalue weighted by atomic mass is 10.2. The van der Waals surface area contributed by atoms with Crippen LogP contribution in [-0.2, 0) is 0 Å². The minimum absolute atomic E-state index is 0.0379. The van der Waals surface area contributed by atoms with Crippen LogP contribution in [0.25, 0.3) is 0 Å². The summed E-state index contributed by atoms with van der Waals surface area (Å²) in [5, 5.41) is 3.20. The van der Waals surface area contributed by atoms with Crippen LogP contribution in [0, 0.1) is 6.92 Å². The molecule has 0 saturated heterocycles. The SMILES string of the molecule is CCN(CC)c1ccc(C(=O)Nc2nc(C)c(C(C)=O)s2)cc1. The smallest absolute Gasteiger partial charge is 0.257 e. The van der Waals surface area contributed by atoms with Crippen molar-refractivity contribution in [3.8, 4) is 0 Å². The fourth-order valence-corrected chi connectivity index (χ4v) is 3.21. The predicted molar refractivity (Wildman–Crippen MR) is 94.8 cm³/mol. The number of hydrogen-bond donors (Lipinski definition) is 1. The van der Waals surface area contributed by atoms with Gasteiger partial charge in [0.15, 0.2) is 10.9 Å². The first-order chi connectivity index (χ1) is 11.0. The van der Waals surface area contributed by atoms with E-state index < -0.39 is 0 Å². The molecule has 0 aliphatic carbocycles. The van der Waals surface area contributed by atoms with Gasteiger partial charge in [-0.2, -0.15) is 0 Å². The standard InChI is InChI=1S/C17H21N3O2S/c1-5-20(6-2)14-9-7-13(8-10-14)16(22)19-17-18-11(3)15(23-17)12(4)21/h7-10H,5-6H2,1-4H3,(H,18,19,22). The van der Waals surface area contributed by atoms with Crippen LogP contribution < -0.4 is 10.2 Å². The Morgan fingerprint density at radius 3 is 2.26 bits per heavy atom.